The number of aliphatic imine (C=N–C) groups is 1. The molecule has 0 aliphatic rings. The largest absolute Gasteiger partial charge is 0.459 e. The van der Waals surface area contributed by atoms with Gasteiger partial charge in [-0.3, -0.25) is 0 Å². The van der Waals surface area contributed by atoms with Gasteiger partial charge in [-0.25, -0.2) is 14.6 Å². The molecule has 0 aliphatic carbocycles. The average Bonchev–Trinajstić information content (AvgIpc) is 2.04. The highest BCUT2D eigenvalue weighted by atomic mass is 16.5. The Morgan fingerprint density at radius 2 is 2.31 bits per heavy atom. The zero-order valence-corrected chi connectivity index (χ0v) is 7.82. The van der Waals surface area contributed by atoms with E-state index < -0.39 is 5.97 Å². The van der Waals surface area contributed by atoms with Crippen LogP contribution >= 0.6 is 0 Å². The van der Waals surface area contributed by atoms with Gasteiger partial charge in [0, 0.05) is 12.5 Å². The maximum Gasteiger partial charge on any atom is 0.330 e. The normalized spacial score (nSPS) is 13.7. The number of hydrogen-bond donors (Lipinski definition) is 0. The van der Waals surface area contributed by atoms with Crippen LogP contribution in [0.15, 0.2) is 17.6 Å². The number of ether oxygens (including phenoxy) is 1. The van der Waals surface area contributed by atoms with Gasteiger partial charge in [0.2, 0.25) is 6.08 Å². The molecule has 2 unspecified atom stereocenters. The molecule has 0 rings (SSSR count). The summed E-state index contributed by atoms with van der Waals surface area (Å²) in [5.41, 5.74) is 0. The van der Waals surface area contributed by atoms with Gasteiger partial charge in [-0.2, -0.15) is 0 Å². The lowest BCUT2D eigenvalue weighted by atomic mass is 10.2. The summed E-state index contributed by atoms with van der Waals surface area (Å²) in [6.45, 7) is 6.76. The summed E-state index contributed by atoms with van der Waals surface area (Å²) in [7, 11) is 0. The molecule has 0 saturated heterocycles. The number of hydrogen-bond acceptors (Lipinski definition) is 4. The molecule has 0 bridgehead atoms. The third-order valence-electron chi connectivity index (χ3n) is 1.43. The van der Waals surface area contributed by atoms with Gasteiger partial charge in [-0.15, -0.1) is 0 Å². The maximum atomic E-state index is 10.7. The van der Waals surface area contributed by atoms with Gasteiger partial charge in [-0.05, 0) is 13.8 Å². The van der Waals surface area contributed by atoms with E-state index in [2.05, 4.69) is 11.6 Å². The Balaban J connectivity index is 3.85. The predicted octanol–water partition coefficient (Wildman–Crippen LogP) is 1.22. The summed E-state index contributed by atoms with van der Waals surface area (Å²) in [5.74, 6) is -0.463. The van der Waals surface area contributed by atoms with Crippen molar-refractivity contribution in [3.63, 3.8) is 0 Å². The van der Waals surface area contributed by atoms with Crippen LogP contribution in [0.25, 0.3) is 0 Å². The first-order valence-corrected chi connectivity index (χ1v) is 4.00. The first-order valence-electron chi connectivity index (χ1n) is 4.00. The molecule has 0 fully saturated rings. The maximum absolute atomic E-state index is 10.7. The van der Waals surface area contributed by atoms with Crippen molar-refractivity contribution in [1.82, 2.24) is 0 Å². The molecule has 0 aliphatic heterocycles. The van der Waals surface area contributed by atoms with E-state index in [1.165, 1.54) is 6.08 Å². The van der Waals surface area contributed by atoms with Crippen molar-refractivity contribution >= 4 is 12.0 Å². The molecule has 0 radical (unpaired) electrons. The molecule has 0 amide bonds. The van der Waals surface area contributed by atoms with Gasteiger partial charge in [0.05, 0.1) is 6.04 Å². The van der Waals surface area contributed by atoms with Crippen LogP contribution in [0.3, 0.4) is 0 Å². The molecule has 0 spiro atoms. The Kier molecular flexibility index (Phi) is 5.48. The average molecular weight is 183 g/mol. The highest BCUT2D eigenvalue weighted by Gasteiger charge is 2.10. The summed E-state index contributed by atoms with van der Waals surface area (Å²) < 4.78 is 4.87. The molecular weight excluding hydrogens is 170 g/mol. The number of carbonyl (C=O) groups excluding carboxylic acids is 2. The number of nitrogens with zero attached hydrogens (tertiary/aromatic N) is 1. The van der Waals surface area contributed by atoms with Crippen molar-refractivity contribution in [3.8, 4) is 0 Å². The van der Waals surface area contributed by atoms with E-state index in [0.717, 1.165) is 6.08 Å². The number of rotatable bonds is 5. The van der Waals surface area contributed by atoms with E-state index in [1.807, 2.05) is 0 Å². The van der Waals surface area contributed by atoms with E-state index in [-0.39, 0.29) is 12.1 Å². The first kappa shape index (κ1) is 11.6. The Labute approximate surface area is 77.3 Å². The summed E-state index contributed by atoms with van der Waals surface area (Å²) in [6.07, 6.45) is 2.80. The molecular formula is C9H13NO3. The molecule has 0 aromatic heterocycles. The fourth-order valence-corrected chi connectivity index (χ4v) is 0.918. The summed E-state index contributed by atoms with van der Waals surface area (Å²) in [6, 6.07) is -0.176. The third kappa shape index (κ3) is 5.82. The van der Waals surface area contributed by atoms with Crippen molar-refractivity contribution < 1.29 is 14.3 Å². The standard InChI is InChI=1S/C9H13NO3/c1-4-9(12)13-8(3)5-7(2)10-6-11/h4,7-8H,1,5H2,2-3H3. The van der Waals surface area contributed by atoms with E-state index in [1.54, 1.807) is 13.8 Å². The SMILES string of the molecule is C=CC(=O)OC(C)CC(C)N=C=O. The van der Waals surface area contributed by atoms with E-state index >= 15 is 0 Å². The van der Waals surface area contributed by atoms with Crippen LogP contribution in [-0.2, 0) is 14.3 Å². The van der Waals surface area contributed by atoms with Crippen molar-refractivity contribution in [3.05, 3.63) is 12.7 Å². The smallest absolute Gasteiger partial charge is 0.330 e. The Morgan fingerprint density at radius 1 is 1.69 bits per heavy atom. The highest BCUT2D eigenvalue weighted by Crippen LogP contribution is 2.05. The van der Waals surface area contributed by atoms with Crippen LogP contribution in [0.1, 0.15) is 20.3 Å². The Hall–Kier alpha value is -1.41. The van der Waals surface area contributed by atoms with Gasteiger partial charge >= 0.3 is 5.97 Å². The first-order chi connectivity index (χ1) is 6.10. The third-order valence-corrected chi connectivity index (χ3v) is 1.43. The van der Waals surface area contributed by atoms with Crippen molar-refractivity contribution in [2.45, 2.75) is 32.4 Å². The molecule has 0 heterocycles. The van der Waals surface area contributed by atoms with E-state index in [0.29, 0.717) is 6.42 Å². The van der Waals surface area contributed by atoms with Gasteiger partial charge in [0.15, 0.2) is 0 Å². The second kappa shape index (κ2) is 6.14. The lowest BCUT2D eigenvalue weighted by Crippen LogP contribution is -2.17. The molecule has 0 saturated carbocycles. The quantitative estimate of drug-likeness (QED) is 0.278. The van der Waals surface area contributed by atoms with Crippen LogP contribution in [0, 0.1) is 0 Å². The lowest BCUT2D eigenvalue weighted by molar-refractivity contribution is -0.142. The zero-order chi connectivity index (χ0) is 10.3. The van der Waals surface area contributed by atoms with Crippen LogP contribution in [0.4, 0.5) is 0 Å². The molecule has 0 aromatic carbocycles. The number of carbonyl (C=O) groups is 1. The molecule has 0 aromatic rings. The summed E-state index contributed by atoms with van der Waals surface area (Å²) in [5, 5.41) is 0. The Bertz CT molecular complexity index is 231. The minimum absolute atomic E-state index is 0.176. The van der Waals surface area contributed by atoms with Crippen molar-refractivity contribution in [2.75, 3.05) is 0 Å². The van der Waals surface area contributed by atoms with Crippen LogP contribution in [0.2, 0.25) is 0 Å². The molecule has 72 valence electrons. The van der Waals surface area contributed by atoms with Crippen molar-refractivity contribution in [2.24, 2.45) is 4.99 Å². The fraction of sp³-hybridized carbons (Fsp3) is 0.556. The summed E-state index contributed by atoms with van der Waals surface area (Å²) >= 11 is 0. The lowest BCUT2D eigenvalue weighted by Gasteiger charge is -2.12. The van der Waals surface area contributed by atoms with Crippen molar-refractivity contribution in [1.29, 1.82) is 0 Å². The Morgan fingerprint density at radius 3 is 2.77 bits per heavy atom. The van der Waals surface area contributed by atoms with Crippen LogP contribution < -0.4 is 0 Å². The monoisotopic (exact) mass is 183 g/mol. The van der Waals surface area contributed by atoms with Gasteiger partial charge in [-0.1, -0.05) is 6.58 Å². The van der Waals surface area contributed by atoms with E-state index in [9.17, 15) is 9.59 Å². The molecule has 4 heteroatoms. The van der Waals surface area contributed by atoms with Crippen LogP contribution in [-0.4, -0.2) is 24.2 Å². The fourth-order valence-electron chi connectivity index (χ4n) is 0.918. The number of isocyanates is 1. The van der Waals surface area contributed by atoms with Gasteiger partial charge in [0.25, 0.3) is 0 Å². The topological polar surface area (TPSA) is 55.7 Å². The minimum Gasteiger partial charge on any atom is -0.459 e. The second-order valence-corrected chi connectivity index (χ2v) is 2.76. The molecule has 2 atom stereocenters. The molecule has 4 nitrogen and oxygen atoms in total. The predicted molar refractivity (Wildman–Crippen MR) is 48.0 cm³/mol. The minimum atomic E-state index is -0.463. The summed E-state index contributed by atoms with van der Waals surface area (Å²) in [4.78, 5) is 24.0. The van der Waals surface area contributed by atoms with E-state index in [4.69, 9.17) is 4.74 Å². The van der Waals surface area contributed by atoms with Gasteiger partial charge < -0.3 is 4.74 Å². The zero-order valence-electron chi connectivity index (χ0n) is 7.82. The molecule has 0 N–H and O–H groups in total. The highest BCUT2D eigenvalue weighted by molar-refractivity contribution is 5.81. The second-order valence-electron chi connectivity index (χ2n) is 2.76. The van der Waals surface area contributed by atoms with Crippen LogP contribution in [0.5, 0.6) is 0 Å². The molecule has 13 heavy (non-hydrogen) atoms. The van der Waals surface area contributed by atoms with Gasteiger partial charge in [0.1, 0.15) is 6.10 Å². The number of esters is 1.